The van der Waals surface area contributed by atoms with Gasteiger partial charge in [0.15, 0.2) is 0 Å². The lowest BCUT2D eigenvalue weighted by Gasteiger charge is -2.23. The van der Waals surface area contributed by atoms with E-state index in [9.17, 15) is 0 Å². The highest BCUT2D eigenvalue weighted by Gasteiger charge is 2.14. The van der Waals surface area contributed by atoms with E-state index in [1.54, 1.807) is 7.11 Å². The highest BCUT2D eigenvalue weighted by Crippen LogP contribution is 2.29. The van der Waals surface area contributed by atoms with Crippen molar-refractivity contribution in [3.63, 3.8) is 0 Å². The first-order valence-electron chi connectivity index (χ1n) is 7.96. The van der Waals surface area contributed by atoms with E-state index in [1.807, 2.05) is 6.20 Å². The molecule has 0 radical (unpaired) electrons. The number of hydrogen-bond acceptors (Lipinski definition) is 5. The number of anilines is 2. The minimum Gasteiger partial charge on any atom is -0.383 e. The zero-order valence-electron chi connectivity index (χ0n) is 13.1. The Hall–Kier alpha value is -1.85. The van der Waals surface area contributed by atoms with Crippen LogP contribution in [0.25, 0.3) is 10.8 Å². The van der Waals surface area contributed by atoms with E-state index in [0.29, 0.717) is 6.61 Å². The van der Waals surface area contributed by atoms with Gasteiger partial charge in [0.2, 0.25) is 0 Å². The lowest BCUT2D eigenvalue weighted by molar-refractivity contribution is 0.211. The Morgan fingerprint density at radius 3 is 3.09 bits per heavy atom. The van der Waals surface area contributed by atoms with Gasteiger partial charge in [0.25, 0.3) is 0 Å². The van der Waals surface area contributed by atoms with Crippen LogP contribution in [0.1, 0.15) is 6.42 Å². The third-order valence-corrected chi connectivity index (χ3v) is 4.05. The Morgan fingerprint density at radius 1 is 1.23 bits per heavy atom. The van der Waals surface area contributed by atoms with Crippen molar-refractivity contribution in [2.24, 2.45) is 0 Å². The monoisotopic (exact) mass is 300 g/mol. The van der Waals surface area contributed by atoms with E-state index in [-0.39, 0.29) is 0 Å². The Morgan fingerprint density at radius 2 is 2.18 bits per heavy atom. The number of hydrogen-bond donors (Lipinski definition) is 2. The van der Waals surface area contributed by atoms with E-state index in [0.717, 1.165) is 50.6 Å². The van der Waals surface area contributed by atoms with Crippen molar-refractivity contribution >= 4 is 22.3 Å². The average molecular weight is 300 g/mol. The zero-order chi connectivity index (χ0) is 15.2. The Bertz CT molecular complexity index is 609. The van der Waals surface area contributed by atoms with Crippen molar-refractivity contribution in [3.8, 4) is 0 Å². The Kier molecular flexibility index (Phi) is 5.08. The predicted molar refractivity (Wildman–Crippen MR) is 91.8 cm³/mol. The minimum atomic E-state index is 0.701. The van der Waals surface area contributed by atoms with Crippen molar-refractivity contribution in [1.82, 2.24) is 10.3 Å². The first-order chi connectivity index (χ1) is 10.9. The lowest BCUT2D eigenvalue weighted by atomic mass is 10.1. The molecule has 2 aromatic rings. The molecule has 0 atom stereocenters. The van der Waals surface area contributed by atoms with Gasteiger partial charge in [-0.2, -0.15) is 0 Å². The van der Waals surface area contributed by atoms with Gasteiger partial charge in [0.05, 0.1) is 6.61 Å². The molecular formula is C17H24N4O. The van der Waals surface area contributed by atoms with E-state index >= 15 is 0 Å². The van der Waals surface area contributed by atoms with Crippen LogP contribution in [0.5, 0.6) is 0 Å². The fourth-order valence-corrected chi connectivity index (χ4v) is 2.94. The maximum absolute atomic E-state index is 5.12. The molecule has 1 aliphatic rings. The molecule has 2 N–H and O–H groups in total. The molecule has 118 valence electrons. The van der Waals surface area contributed by atoms with E-state index in [2.05, 4.69) is 44.8 Å². The molecule has 2 heterocycles. The molecular weight excluding hydrogens is 276 g/mol. The number of nitrogens with zero attached hydrogens (tertiary/aromatic N) is 2. The van der Waals surface area contributed by atoms with Crippen molar-refractivity contribution in [2.45, 2.75) is 6.42 Å². The van der Waals surface area contributed by atoms with Crippen molar-refractivity contribution in [3.05, 3.63) is 30.5 Å². The number of rotatable bonds is 5. The van der Waals surface area contributed by atoms with Gasteiger partial charge in [-0.25, -0.2) is 4.98 Å². The Balaban J connectivity index is 1.92. The van der Waals surface area contributed by atoms with Crippen LogP contribution >= 0.6 is 0 Å². The summed E-state index contributed by atoms with van der Waals surface area (Å²) in [7, 11) is 1.72. The maximum Gasteiger partial charge on any atom is 0.136 e. The van der Waals surface area contributed by atoms with Crippen LogP contribution in [0.4, 0.5) is 11.5 Å². The molecule has 0 spiro atoms. The molecule has 0 aliphatic carbocycles. The fraction of sp³-hybridized carbons (Fsp3) is 0.471. The number of aromatic nitrogens is 1. The Labute approximate surface area is 131 Å². The standard InChI is InChI=1S/C17H24N4O/c1-22-13-10-19-16-5-2-4-15-14(16)6-8-20-17(15)21-11-3-7-18-9-12-21/h2,4-6,8,18-19H,3,7,9-13H2,1H3. The van der Waals surface area contributed by atoms with Gasteiger partial charge in [-0.1, -0.05) is 12.1 Å². The molecule has 1 aromatic heterocycles. The molecule has 1 aromatic carbocycles. The number of nitrogens with one attached hydrogen (secondary N) is 2. The summed E-state index contributed by atoms with van der Waals surface area (Å²) in [6.07, 6.45) is 3.07. The molecule has 5 nitrogen and oxygen atoms in total. The third-order valence-electron chi connectivity index (χ3n) is 4.05. The minimum absolute atomic E-state index is 0.701. The molecule has 5 heteroatoms. The quantitative estimate of drug-likeness (QED) is 0.828. The summed E-state index contributed by atoms with van der Waals surface area (Å²) < 4.78 is 5.12. The van der Waals surface area contributed by atoms with Crippen molar-refractivity contribution in [2.75, 3.05) is 56.7 Å². The van der Waals surface area contributed by atoms with E-state index in [4.69, 9.17) is 4.74 Å². The largest absolute Gasteiger partial charge is 0.383 e. The fourth-order valence-electron chi connectivity index (χ4n) is 2.94. The smallest absolute Gasteiger partial charge is 0.136 e. The topological polar surface area (TPSA) is 49.4 Å². The van der Waals surface area contributed by atoms with Gasteiger partial charge < -0.3 is 20.3 Å². The van der Waals surface area contributed by atoms with Gasteiger partial charge in [0, 0.05) is 55.9 Å². The highest BCUT2D eigenvalue weighted by molar-refractivity contribution is 6.00. The molecule has 0 bridgehead atoms. The molecule has 1 aliphatic heterocycles. The second-order valence-electron chi connectivity index (χ2n) is 5.55. The first-order valence-corrected chi connectivity index (χ1v) is 7.96. The van der Waals surface area contributed by atoms with E-state index in [1.165, 1.54) is 10.8 Å². The van der Waals surface area contributed by atoms with Crippen LogP contribution in [0.2, 0.25) is 0 Å². The van der Waals surface area contributed by atoms with Crippen LogP contribution in [-0.4, -0.2) is 51.4 Å². The number of benzene rings is 1. The van der Waals surface area contributed by atoms with Crippen LogP contribution in [0, 0.1) is 0 Å². The van der Waals surface area contributed by atoms with E-state index < -0.39 is 0 Å². The molecule has 0 amide bonds. The van der Waals surface area contributed by atoms with Crippen LogP contribution in [0.3, 0.4) is 0 Å². The third kappa shape index (κ3) is 3.31. The van der Waals surface area contributed by atoms with Gasteiger partial charge >= 0.3 is 0 Å². The molecule has 0 unspecified atom stereocenters. The number of methoxy groups -OCH3 is 1. The van der Waals surface area contributed by atoms with Gasteiger partial charge in [-0.3, -0.25) is 0 Å². The van der Waals surface area contributed by atoms with Crippen molar-refractivity contribution < 1.29 is 4.74 Å². The van der Waals surface area contributed by atoms with Crippen molar-refractivity contribution in [1.29, 1.82) is 0 Å². The summed E-state index contributed by atoms with van der Waals surface area (Å²) in [4.78, 5) is 7.05. The first kappa shape index (κ1) is 15.1. The number of fused-ring (bicyclic) bond motifs is 1. The lowest BCUT2D eigenvalue weighted by Crippen LogP contribution is -2.28. The SMILES string of the molecule is COCCNc1cccc2c(N3CCCNCC3)nccc12. The van der Waals surface area contributed by atoms with Crippen LogP contribution in [0.15, 0.2) is 30.5 Å². The van der Waals surface area contributed by atoms with Crippen LogP contribution in [-0.2, 0) is 4.74 Å². The molecule has 22 heavy (non-hydrogen) atoms. The number of ether oxygens (including phenoxy) is 1. The van der Waals surface area contributed by atoms with Crippen LogP contribution < -0.4 is 15.5 Å². The second kappa shape index (κ2) is 7.42. The van der Waals surface area contributed by atoms with Gasteiger partial charge in [-0.15, -0.1) is 0 Å². The summed E-state index contributed by atoms with van der Waals surface area (Å²) in [5.74, 6) is 1.09. The highest BCUT2D eigenvalue weighted by atomic mass is 16.5. The normalized spacial score (nSPS) is 15.8. The summed E-state index contributed by atoms with van der Waals surface area (Å²) in [6.45, 7) is 5.68. The van der Waals surface area contributed by atoms with Gasteiger partial charge in [0.1, 0.15) is 5.82 Å². The summed E-state index contributed by atoms with van der Waals surface area (Å²) in [5.41, 5.74) is 1.14. The zero-order valence-corrected chi connectivity index (χ0v) is 13.1. The molecule has 1 fully saturated rings. The summed E-state index contributed by atoms with van der Waals surface area (Å²) >= 11 is 0. The molecule has 0 saturated carbocycles. The molecule has 1 saturated heterocycles. The summed E-state index contributed by atoms with van der Waals surface area (Å²) in [6, 6.07) is 8.46. The maximum atomic E-state index is 5.12. The number of pyridine rings is 1. The van der Waals surface area contributed by atoms with Gasteiger partial charge in [-0.05, 0) is 25.1 Å². The second-order valence-corrected chi connectivity index (χ2v) is 5.55. The molecule has 3 rings (SSSR count). The summed E-state index contributed by atoms with van der Waals surface area (Å²) in [5, 5.41) is 9.33. The average Bonchev–Trinajstić information content (AvgIpc) is 2.84. The predicted octanol–water partition coefficient (Wildman–Crippen LogP) is 2.09.